The summed E-state index contributed by atoms with van der Waals surface area (Å²) in [6.07, 6.45) is 2.47. The molecule has 1 fully saturated rings. The maximum absolute atomic E-state index is 13.4. The quantitative estimate of drug-likeness (QED) is 0.0785. The van der Waals surface area contributed by atoms with Gasteiger partial charge in [0.2, 0.25) is 18.0 Å². The van der Waals surface area contributed by atoms with E-state index in [1.807, 2.05) is 60.7 Å². The molecule has 1 aliphatic heterocycles. The summed E-state index contributed by atoms with van der Waals surface area (Å²) >= 11 is 0. The van der Waals surface area contributed by atoms with Crippen molar-refractivity contribution in [3.63, 3.8) is 0 Å². The number of amides is 3. The fourth-order valence-electron chi connectivity index (χ4n) is 4.55. The molecular formula is C30H36N6O4. The Balaban J connectivity index is 1.39. The Kier molecular flexibility index (Phi) is 9.69. The van der Waals surface area contributed by atoms with Crippen molar-refractivity contribution in [1.29, 1.82) is 5.41 Å². The van der Waals surface area contributed by atoms with Gasteiger partial charge in [0.1, 0.15) is 17.6 Å². The van der Waals surface area contributed by atoms with Crippen LogP contribution in [-0.2, 0) is 20.8 Å². The van der Waals surface area contributed by atoms with Crippen LogP contribution in [0.5, 0.6) is 5.75 Å². The lowest BCUT2D eigenvalue weighted by molar-refractivity contribution is -0.144. The molecule has 8 N–H and O–H groups in total. The Labute approximate surface area is 233 Å². The second kappa shape index (κ2) is 13.6. The first-order chi connectivity index (χ1) is 19.3. The van der Waals surface area contributed by atoms with E-state index in [-0.39, 0.29) is 30.5 Å². The highest BCUT2D eigenvalue weighted by atomic mass is 16.5. The fourth-order valence-corrected chi connectivity index (χ4v) is 4.55. The summed E-state index contributed by atoms with van der Waals surface area (Å²) in [6.45, 7) is 0. The van der Waals surface area contributed by atoms with Crippen molar-refractivity contribution in [1.82, 2.24) is 16.0 Å². The van der Waals surface area contributed by atoms with Gasteiger partial charge in [-0.3, -0.25) is 19.8 Å². The molecule has 0 bridgehead atoms. The monoisotopic (exact) mass is 544 g/mol. The SMILES string of the molecule is N=C(N)C(N)CCCCCC(=O)N[C@@H](Cc1ccc2ccccc2c1)C(=O)NC1C(=O)N[C@H]1Oc1ccccc1. The number of rotatable bonds is 14. The van der Waals surface area contributed by atoms with Gasteiger partial charge in [-0.25, -0.2) is 0 Å². The van der Waals surface area contributed by atoms with Crippen LogP contribution in [0.1, 0.15) is 37.7 Å². The van der Waals surface area contributed by atoms with Gasteiger partial charge in [0.15, 0.2) is 6.04 Å². The lowest BCUT2D eigenvalue weighted by atomic mass is 10.00. The number of β-lactam (4-membered cyclic amide) rings is 1. The molecule has 4 atom stereocenters. The third-order valence-corrected chi connectivity index (χ3v) is 6.90. The summed E-state index contributed by atoms with van der Waals surface area (Å²) in [6, 6.07) is 20.6. The van der Waals surface area contributed by atoms with E-state index in [1.165, 1.54) is 0 Å². The number of amidine groups is 1. The van der Waals surface area contributed by atoms with Gasteiger partial charge in [-0.05, 0) is 41.3 Å². The molecule has 10 heteroatoms. The maximum atomic E-state index is 13.4. The van der Waals surface area contributed by atoms with Crippen molar-refractivity contribution in [3.05, 3.63) is 78.4 Å². The Morgan fingerprint density at radius 1 is 0.975 bits per heavy atom. The highest BCUT2D eigenvalue weighted by Crippen LogP contribution is 2.19. The van der Waals surface area contributed by atoms with E-state index in [9.17, 15) is 14.4 Å². The predicted molar refractivity (Wildman–Crippen MR) is 153 cm³/mol. The number of hydrogen-bond acceptors (Lipinski definition) is 6. The molecule has 210 valence electrons. The van der Waals surface area contributed by atoms with Crippen molar-refractivity contribution >= 4 is 34.3 Å². The average molecular weight is 545 g/mol. The first-order valence-corrected chi connectivity index (χ1v) is 13.5. The molecule has 0 saturated carbocycles. The van der Waals surface area contributed by atoms with Crippen LogP contribution in [0.2, 0.25) is 0 Å². The van der Waals surface area contributed by atoms with Gasteiger partial charge in [-0.1, -0.05) is 73.5 Å². The van der Waals surface area contributed by atoms with Crippen molar-refractivity contribution in [2.75, 3.05) is 0 Å². The molecule has 0 spiro atoms. The van der Waals surface area contributed by atoms with Gasteiger partial charge < -0.3 is 32.2 Å². The van der Waals surface area contributed by atoms with Gasteiger partial charge in [0.25, 0.3) is 5.91 Å². The van der Waals surface area contributed by atoms with Crippen molar-refractivity contribution < 1.29 is 19.1 Å². The van der Waals surface area contributed by atoms with Crippen molar-refractivity contribution in [2.24, 2.45) is 11.5 Å². The zero-order chi connectivity index (χ0) is 28.5. The zero-order valence-electron chi connectivity index (χ0n) is 22.3. The lowest BCUT2D eigenvalue weighted by Crippen LogP contribution is -2.72. The molecule has 1 heterocycles. The number of nitrogens with two attached hydrogens (primary N) is 2. The van der Waals surface area contributed by atoms with E-state index in [2.05, 4.69) is 16.0 Å². The zero-order valence-corrected chi connectivity index (χ0v) is 22.3. The van der Waals surface area contributed by atoms with Gasteiger partial charge in [0, 0.05) is 12.8 Å². The fraction of sp³-hybridized carbons (Fsp3) is 0.333. The molecule has 1 saturated heterocycles. The van der Waals surface area contributed by atoms with Crippen LogP contribution in [0.25, 0.3) is 10.8 Å². The van der Waals surface area contributed by atoms with Crippen LogP contribution in [0.4, 0.5) is 0 Å². The molecule has 3 aromatic rings. The summed E-state index contributed by atoms with van der Waals surface area (Å²) in [4.78, 5) is 38.5. The summed E-state index contributed by atoms with van der Waals surface area (Å²) in [5.41, 5.74) is 12.1. The average Bonchev–Trinajstić information content (AvgIpc) is 2.95. The Morgan fingerprint density at radius 3 is 2.42 bits per heavy atom. The third-order valence-electron chi connectivity index (χ3n) is 6.90. The molecule has 1 aliphatic rings. The molecule has 2 unspecified atom stereocenters. The van der Waals surface area contributed by atoms with Crippen LogP contribution in [0.3, 0.4) is 0 Å². The van der Waals surface area contributed by atoms with E-state index in [0.29, 0.717) is 18.6 Å². The van der Waals surface area contributed by atoms with Crippen LogP contribution >= 0.6 is 0 Å². The van der Waals surface area contributed by atoms with Gasteiger partial charge in [-0.2, -0.15) is 0 Å². The highest BCUT2D eigenvalue weighted by Gasteiger charge is 2.43. The first kappa shape index (κ1) is 28.6. The molecule has 4 rings (SSSR count). The van der Waals surface area contributed by atoms with Gasteiger partial charge >= 0.3 is 0 Å². The van der Waals surface area contributed by atoms with Gasteiger partial charge in [-0.15, -0.1) is 0 Å². The number of hydrogen-bond donors (Lipinski definition) is 6. The van der Waals surface area contributed by atoms with Gasteiger partial charge in [0.05, 0.1) is 6.04 Å². The maximum Gasteiger partial charge on any atom is 0.251 e. The van der Waals surface area contributed by atoms with Crippen molar-refractivity contribution in [3.8, 4) is 5.75 Å². The topological polar surface area (TPSA) is 172 Å². The largest absolute Gasteiger partial charge is 0.468 e. The summed E-state index contributed by atoms with van der Waals surface area (Å²) < 4.78 is 5.81. The number of fused-ring (bicyclic) bond motifs is 1. The number of benzene rings is 3. The number of unbranched alkanes of at least 4 members (excludes halogenated alkanes) is 2. The van der Waals surface area contributed by atoms with E-state index in [1.54, 1.807) is 12.1 Å². The molecule has 0 aliphatic carbocycles. The molecular weight excluding hydrogens is 508 g/mol. The lowest BCUT2D eigenvalue weighted by Gasteiger charge is -2.37. The molecule has 3 aromatic carbocycles. The minimum atomic E-state index is -0.884. The van der Waals surface area contributed by atoms with E-state index < -0.39 is 30.3 Å². The Morgan fingerprint density at radius 2 is 1.70 bits per heavy atom. The number of carbonyl (C=O) groups excluding carboxylic acids is 3. The van der Waals surface area contributed by atoms with E-state index >= 15 is 0 Å². The van der Waals surface area contributed by atoms with Crippen LogP contribution < -0.4 is 32.2 Å². The van der Waals surface area contributed by atoms with E-state index in [4.69, 9.17) is 21.6 Å². The summed E-state index contributed by atoms with van der Waals surface area (Å²) in [5, 5.41) is 17.8. The highest BCUT2D eigenvalue weighted by molar-refractivity contribution is 5.95. The Hall–Kier alpha value is -4.44. The first-order valence-electron chi connectivity index (χ1n) is 13.5. The van der Waals surface area contributed by atoms with Crippen molar-refractivity contribution in [2.45, 2.75) is 62.9 Å². The molecule has 10 nitrogen and oxygen atoms in total. The normalized spacial score (nSPS) is 17.7. The third kappa shape index (κ3) is 7.79. The minimum absolute atomic E-state index is 0.0446. The second-order valence-electron chi connectivity index (χ2n) is 10.0. The van der Waals surface area contributed by atoms with Crippen LogP contribution in [0, 0.1) is 5.41 Å². The molecule has 0 aromatic heterocycles. The van der Waals surface area contributed by atoms with E-state index in [0.717, 1.165) is 29.2 Å². The second-order valence-corrected chi connectivity index (χ2v) is 10.0. The number of carbonyl (C=O) groups is 3. The van der Waals surface area contributed by atoms with Crippen LogP contribution in [0.15, 0.2) is 72.8 Å². The number of nitrogens with one attached hydrogen (secondary N) is 4. The standard InChI is InChI=1S/C30H36N6O4/c31-23(27(32)33)13-5-2-6-14-25(37)34-24(18-19-15-16-20-9-7-8-10-21(20)17-19)28(38)35-26-29(39)36-30(26)40-22-11-3-1-4-12-22/h1,3-4,7-12,15-17,23-24,26,30H,2,5-6,13-14,18,31H2,(H3,32,33)(H,34,37)(H,35,38)(H,36,39)/t23?,24-,26?,30-/m0/s1. The number of ether oxygens (including phenoxy) is 1. The smallest absolute Gasteiger partial charge is 0.251 e. The summed E-state index contributed by atoms with van der Waals surface area (Å²) in [5.74, 6) is -0.551. The minimum Gasteiger partial charge on any atom is -0.468 e. The molecule has 40 heavy (non-hydrogen) atoms. The number of para-hydroxylation sites is 1. The predicted octanol–water partition coefficient (Wildman–Crippen LogP) is 2.10. The summed E-state index contributed by atoms with van der Waals surface area (Å²) in [7, 11) is 0. The Bertz CT molecular complexity index is 1350. The molecule has 0 radical (unpaired) electrons. The molecule has 3 amide bonds. The van der Waals surface area contributed by atoms with Crippen LogP contribution in [-0.4, -0.2) is 47.9 Å².